The number of carbonyl (C=O) groups excluding carboxylic acids is 2. The lowest BCUT2D eigenvalue weighted by atomic mass is 10.1. The van der Waals surface area contributed by atoms with Crippen LogP contribution in [0.5, 0.6) is 0 Å². The molecule has 0 spiro atoms. The minimum atomic E-state index is -0.521. The quantitative estimate of drug-likeness (QED) is 0.358. The van der Waals surface area contributed by atoms with Crippen LogP contribution >= 0.6 is 11.8 Å². The maximum Gasteiger partial charge on any atom is 0.306 e. The van der Waals surface area contributed by atoms with Crippen LogP contribution < -0.4 is 5.32 Å². The molecule has 7 nitrogen and oxygen atoms in total. The van der Waals surface area contributed by atoms with Crippen molar-refractivity contribution in [1.82, 2.24) is 0 Å². The Morgan fingerprint density at radius 3 is 2.55 bits per heavy atom. The molecular weight excluding hydrogens is 308 g/mol. The number of aryl methyl sites for hydroxylation is 2. The minimum Gasteiger partial charge on any atom is -0.469 e. The van der Waals surface area contributed by atoms with Gasteiger partial charge < -0.3 is 10.1 Å². The van der Waals surface area contributed by atoms with Gasteiger partial charge in [0.25, 0.3) is 5.69 Å². The number of esters is 1. The van der Waals surface area contributed by atoms with E-state index in [0.29, 0.717) is 5.75 Å². The summed E-state index contributed by atoms with van der Waals surface area (Å²) < 4.78 is 4.49. The van der Waals surface area contributed by atoms with E-state index in [-0.39, 0.29) is 35.4 Å². The SMILES string of the molecule is COC(=O)CCSCC(=O)Nc1cc(C)c(C)cc1[N+](=O)[O-]. The van der Waals surface area contributed by atoms with E-state index in [0.717, 1.165) is 11.1 Å². The van der Waals surface area contributed by atoms with Crippen LogP contribution in [-0.2, 0) is 14.3 Å². The Balaban J connectivity index is 2.62. The van der Waals surface area contributed by atoms with Gasteiger partial charge in [-0.1, -0.05) is 0 Å². The first-order valence-corrected chi connectivity index (χ1v) is 7.70. The van der Waals surface area contributed by atoms with Crippen LogP contribution in [0, 0.1) is 24.0 Å². The summed E-state index contributed by atoms with van der Waals surface area (Å²) in [5.74, 6) is -0.116. The zero-order valence-corrected chi connectivity index (χ0v) is 13.5. The second-order valence-electron chi connectivity index (χ2n) is 4.64. The second kappa shape index (κ2) is 8.38. The number of thioether (sulfide) groups is 1. The Hall–Kier alpha value is -2.09. The molecule has 0 aliphatic carbocycles. The fourth-order valence-corrected chi connectivity index (χ4v) is 2.37. The maximum absolute atomic E-state index is 11.8. The minimum absolute atomic E-state index is 0.112. The number of hydrogen-bond donors (Lipinski definition) is 1. The van der Waals surface area contributed by atoms with E-state index >= 15 is 0 Å². The average molecular weight is 326 g/mol. The lowest BCUT2D eigenvalue weighted by Crippen LogP contribution is -2.16. The standard InChI is InChI=1S/C14H18N2O5S/c1-9-6-11(12(16(19)20)7-10(9)2)15-13(17)8-22-5-4-14(18)21-3/h6-7H,4-5,8H2,1-3H3,(H,15,17). The summed E-state index contributed by atoms with van der Waals surface area (Å²) in [6.07, 6.45) is 0.220. The molecule has 0 aliphatic heterocycles. The van der Waals surface area contributed by atoms with Crippen LogP contribution in [-0.4, -0.2) is 35.4 Å². The molecule has 22 heavy (non-hydrogen) atoms. The molecule has 0 saturated heterocycles. The third-order valence-electron chi connectivity index (χ3n) is 2.99. The second-order valence-corrected chi connectivity index (χ2v) is 5.74. The van der Waals surface area contributed by atoms with Crippen molar-refractivity contribution >= 4 is 35.0 Å². The van der Waals surface area contributed by atoms with Gasteiger partial charge in [-0.05, 0) is 31.0 Å². The van der Waals surface area contributed by atoms with Crippen molar-refractivity contribution in [3.05, 3.63) is 33.4 Å². The number of methoxy groups -OCH3 is 1. The maximum atomic E-state index is 11.8. The van der Waals surface area contributed by atoms with E-state index < -0.39 is 4.92 Å². The number of nitro benzene ring substituents is 1. The summed E-state index contributed by atoms with van der Waals surface area (Å²) in [5, 5.41) is 13.6. The zero-order chi connectivity index (χ0) is 16.7. The summed E-state index contributed by atoms with van der Waals surface area (Å²) in [6.45, 7) is 3.59. The van der Waals surface area contributed by atoms with Crippen LogP contribution in [0.25, 0.3) is 0 Å². The number of ether oxygens (including phenoxy) is 1. The third kappa shape index (κ3) is 5.36. The van der Waals surface area contributed by atoms with E-state index in [1.807, 2.05) is 6.92 Å². The summed E-state index contributed by atoms with van der Waals surface area (Å²) in [5.41, 5.74) is 1.71. The molecule has 0 radical (unpaired) electrons. The molecular formula is C14H18N2O5S. The van der Waals surface area contributed by atoms with Crippen molar-refractivity contribution in [2.24, 2.45) is 0 Å². The fraction of sp³-hybridized carbons (Fsp3) is 0.429. The molecule has 1 aromatic rings. The van der Waals surface area contributed by atoms with Crippen molar-refractivity contribution in [2.45, 2.75) is 20.3 Å². The van der Waals surface area contributed by atoms with Crippen LogP contribution in [0.3, 0.4) is 0 Å². The molecule has 0 heterocycles. The van der Waals surface area contributed by atoms with E-state index in [4.69, 9.17) is 0 Å². The monoisotopic (exact) mass is 326 g/mol. The topological polar surface area (TPSA) is 98.5 Å². The number of carbonyl (C=O) groups is 2. The van der Waals surface area contributed by atoms with Crippen molar-refractivity contribution in [3.8, 4) is 0 Å². The van der Waals surface area contributed by atoms with E-state index in [1.54, 1.807) is 13.0 Å². The molecule has 1 N–H and O–H groups in total. The molecule has 120 valence electrons. The number of rotatable bonds is 7. The van der Waals surface area contributed by atoms with Crippen LogP contribution in [0.15, 0.2) is 12.1 Å². The van der Waals surface area contributed by atoms with Crippen molar-refractivity contribution < 1.29 is 19.2 Å². The smallest absolute Gasteiger partial charge is 0.306 e. The number of nitro groups is 1. The first-order valence-electron chi connectivity index (χ1n) is 6.55. The van der Waals surface area contributed by atoms with Crippen LogP contribution in [0.1, 0.15) is 17.5 Å². The van der Waals surface area contributed by atoms with Crippen LogP contribution in [0.2, 0.25) is 0 Å². The number of nitrogens with zero attached hydrogens (tertiary/aromatic N) is 1. The first kappa shape index (κ1) is 18.0. The largest absolute Gasteiger partial charge is 0.469 e. The number of benzene rings is 1. The normalized spacial score (nSPS) is 10.1. The number of amides is 1. The lowest BCUT2D eigenvalue weighted by Gasteiger charge is -2.08. The van der Waals surface area contributed by atoms with Gasteiger partial charge >= 0.3 is 5.97 Å². The first-order chi connectivity index (χ1) is 10.3. The predicted molar refractivity (Wildman–Crippen MR) is 85.2 cm³/mol. The van der Waals surface area contributed by atoms with Crippen LogP contribution in [0.4, 0.5) is 11.4 Å². The highest BCUT2D eigenvalue weighted by Crippen LogP contribution is 2.28. The zero-order valence-electron chi connectivity index (χ0n) is 12.7. The van der Waals surface area contributed by atoms with E-state index in [9.17, 15) is 19.7 Å². The molecule has 0 unspecified atom stereocenters. The molecule has 1 amide bonds. The molecule has 0 aromatic heterocycles. The summed E-state index contributed by atoms with van der Waals surface area (Å²) in [4.78, 5) is 33.3. The highest BCUT2D eigenvalue weighted by Gasteiger charge is 2.17. The molecule has 1 rings (SSSR count). The Morgan fingerprint density at radius 1 is 1.32 bits per heavy atom. The molecule has 1 aromatic carbocycles. The van der Waals surface area contributed by atoms with Crippen molar-refractivity contribution in [3.63, 3.8) is 0 Å². The molecule has 0 atom stereocenters. The Labute approximate surface area is 132 Å². The highest BCUT2D eigenvalue weighted by molar-refractivity contribution is 7.99. The van der Waals surface area contributed by atoms with Gasteiger partial charge in [0.1, 0.15) is 5.69 Å². The fourth-order valence-electron chi connectivity index (χ4n) is 1.66. The number of nitrogens with one attached hydrogen (secondary N) is 1. The predicted octanol–water partition coefficient (Wildman–Crippen LogP) is 2.45. The Bertz CT molecular complexity index is 589. The van der Waals surface area contributed by atoms with Gasteiger partial charge in [0.2, 0.25) is 5.91 Å². The summed E-state index contributed by atoms with van der Waals surface area (Å²) in [7, 11) is 1.30. The van der Waals surface area contributed by atoms with Gasteiger partial charge in [-0.25, -0.2) is 0 Å². The third-order valence-corrected chi connectivity index (χ3v) is 3.95. The summed E-state index contributed by atoms with van der Waals surface area (Å²) >= 11 is 1.26. The summed E-state index contributed by atoms with van der Waals surface area (Å²) in [6, 6.07) is 3.03. The van der Waals surface area contributed by atoms with Gasteiger partial charge in [0.05, 0.1) is 24.2 Å². The molecule has 8 heteroatoms. The Morgan fingerprint density at radius 2 is 1.95 bits per heavy atom. The lowest BCUT2D eigenvalue weighted by molar-refractivity contribution is -0.384. The Kier molecular flexibility index (Phi) is 6.84. The van der Waals surface area contributed by atoms with Gasteiger partial charge in [-0.3, -0.25) is 19.7 Å². The van der Waals surface area contributed by atoms with E-state index in [2.05, 4.69) is 10.1 Å². The molecule has 0 bridgehead atoms. The van der Waals surface area contributed by atoms with E-state index in [1.165, 1.54) is 24.9 Å². The van der Waals surface area contributed by atoms with Gasteiger partial charge in [0, 0.05) is 11.8 Å². The van der Waals surface area contributed by atoms with Crippen molar-refractivity contribution in [2.75, 3.05) is 23.9 Å². The molecule has 0 fully saturated rings. The van der Waals surface area contributed by atoms with Gasteiger partial charge in [-0.2, -0.15) is 11.8 Å². The van der Waals surface area contributed by atoms with Gasteiger partial charge in [-0.15, -0.1) is 0 Å². The van der Waals surface area contributed by atoms with Crippen molar-refractivity contribution in [1.29, 1.82) is 0 Å². The number of anilines is 1. The average Bonchev–Trinajstić information content (AvgIpc) is 2.46. The number of hydrogen-bond acceptors (Lipinski definition) is 6. The highest BCUT2D eigenvalue weighted by atomic mass is 32.2. The van der Waals surface area contributed by atoms with Gasteiger partial charge in [0.15, 0.2) is 0 Å². The molecule has 0 saturated carbocycles. The molecule has 0 aliphatic rings.